The van der Waals surface area contributed by atoms with Gasteiger partial charge in [0.25, 0.3) is 0 Å². The summed E-state index contributed by atoms with van der Waals surface area (Å²) in [7, 11) is 0. The molecule has 0 amide bonds. The van der Waals surface area contributed by atoms with Crippen LogP contribution in [0.15, 0.2) is 36.5 Å². The normalized spacial score (nSPS) is 20.9. The summed E-state index contributed by atoms with van der Waals surface area (Å²) >= 11 is 0. The Balaban J connectivity index is 1.04. The Morgan fingerprint density at radius 3 is 3.00 bits per heavy atom. The summed E-state index contributed by atoms with van der Waals surface area (Å²) in [5.41, 5.74) is 4.15. The number of carboxylic acids is 1. The van der Waals surface area contributed by atoms with E-state index in [2.05, 4.69) is 22.5 Å². The molecule has 1 unspecified atom stereocenters. The van der Waals surface area contributed by atoms with Crippen molar-refractivity contribution >= 4 is 22.7 Å². The van der Waals surface area contributed by atoms with Crippen LogP contribution < -0.4 is 5.32 Å². The van der Waals surface area contributed by atoms with Crippen LogP contribution in [-0.2, 0) is 27.1 Å². The molecule has 0 spiro atoms. The quantitative estimate of drug-likeness (QED) is 0.403. The van der Waals surface area contributed by atoms with Crippen molar-refractivity contribution in [2.24, 2.45) is 0 Å². The predicted molar refractivity (Wildman–Crippen MR) is 140 cm³/mol. The van der Waals surface area contributed by atoms with Gasteiger partial charge in [-0.05, 0) is 50.2 Å². The minimum Gasteiger partial charge on any atom is -0.480 e. The van der Waals surface area contributed by atoms with E-state index in [4.69, 9.17) is 14.5 Å². The Kier molecular flexibility index (Phi) is 7.08. The lowest BCUT2D eigenvalue weighted by atomic mass is 10.0. The third-order valence-corrected chi connectivity index (χ3v) is 7.82. The first-order valence-electron chi connectivity index (χ1n) is 13.5. The van der Waals surface area contributed by atoms with Crippen LogP contribution in [-0.4, -0.2) is 76.3 Å². The summed E-state index contributed by atoms with van der Waals surface area (Å²) in [6.45, 7) is 4.23. The number of unbranched alkanes of at least 4 members (excludes halogenated alkanes) is 1. The Labute approximate surface area is 216 Å². The molecular weight excluding hydrogens is 470 g/mol. The molecule has 0 bridgehead atoms. The summed E-state index contributed by atoms with van der Waals surface area (Å²) in [5, 5.41) is 19.2. The van der Waals surface area contributed by atoms with Gasteiger partial charge in [0, 0.05) is 42.9 Å². The van der Waals surface area contributed by atoms with Crippen molar-refractivity contribution in [1.82, 2.24) is 19.7 Å². The number of benzene rings is 1. The first-order chi connectivity index (χ1) is 18.2. The fourth-order valence-electron chi connectivity index (χ4n) is 5.77. The maximum absolute atomic E-state index is 12.5. The zero-order chi connectivity index (χ0) is 25.2. The van der Waals surface area contributed by atoms with Crippen molar-refractivity contribution in [2.45, 2.75) is 56.7 Å². The smallest absolute Gasteiger partial charge is 0.325 e. The zero-order valence-corrected chi connectivity index (χ0v) is 21.1. The van der Waals surface area contributed by atoms with E-state index >= 15 is 0 Å². The lowest BCUT2D eigenvalue weighted by Gasteiger charge is -2.29. The second-order valence-corrected chi connectivity index (χ2v) is 10.4. The molecule has 1 aromatic carbocycles. The van der Waals surface area contributed by atoms with Crippen LogP contribution >= 0.6 is 0 Å². The number of aromatic nitrogens is 3. The van der Waals surface area contributed by atoms with Gasteiger partial charge in [-0.3, -0.25) is 14.4 Å². The fourth-order valence-corrected chi connectivity index (χ4v) is 5.77. The monoisotopic (exact) mass is 505 g/mol. The molecule has 2 aromatic heterocycles. The molecular formula is C28H35N5O4. The number of fused-ring (bicyclic) bond motifs is 2. The van der Waals surface area contributed by atoms with Crippen molar-refractivity contribution in [3.05, 3.63) is 53.3 Å². The number of likely N-dealkylation sites (tertiary alicyclic amines) is 1. The molecule has 9 nitrogen and oxygen atoms in total. The van der Waals surface area contributed by atoms with Crippen LogP contribution in [0.25, 0.3) is 10.9 Å². The Hall–Kier alpha value is -3.01. The SMILES string of the molecule is O=C(O)C(c1cccc2cnn(C3COC3)c12)N1CC[C@@H](OCCCCc2ccc3c(n2)NCCC3)C1. The molecule has 5 heterocycles. The van der Waals surface area contributed by atoms with Crippen molar-refractivity contribution in [2.75, 3.05) is 44.8 Å². The molecule has 3 aliphatic heterocycles. The highest BCUT2D eigenvalue weighted by Gasteiger charge is 2.36. The van der Waals surface area contributed by atoms with Gasteiger partial charge in [-0.25, -0.2) is 4.98 Å². The van der Waals surface area contributed by atoms with Crippen molar-refractivity contribution in [3.63, 3.8) is 0 Å². The largest absolute Gasteiger partial charge is 0.480 e. The average molecular weight is 506 g/mol. The van der Waals surface area contributed by atoms with Gasteiger partial charge >= 0.3 is 5.97 Å². The van der Waals surface area contributed by atoms with E-state index in [1.807, 2.05) is 34.0 Å². The number of hydrogen-bond donors (Lipinski definition) is 2. The minimum atomic E-state index is -0.835. The van der Waals surface area contributed by atoms with Crippen LogP contribution in [0.2, 0.25) is 0 Å². The van der Waals surface area contributed by atoms with E-state index in [0.717, 1.165) is 66.6 Å². The number of para-hydroxylation sites is 1. The van der Waals surface area contributed by atoms with Crippen molar-refractivity contribution in [1.29, 1.82) is 0 Å². The first-order valence-corrected chi connectivity index (χ1v) is 13.5. The van der Waals surface area contributed by atoms with Gasteiger partial charge in [-0.15, -0.1) is 0 Å². The Morgan fingerprint density at radius 1 is 1.24 bits per heavy atom. The molecule has 2 fully saturated rings. The van der Waals surface area contributed by atoms with Gasteiger partial charge in [0.05, 0.1) is 37.1 Å². The Bertz CT molecular complexity index is 1260. The van der Waals surface area contributed by atoms with E-state index < -0.39 is 12.0 Å². The van der Waals surface area contributed by atoms with E-state index in [1.54, 1.807) is 0 Å². The number of hydrogen-bond acceptors (Lipinski definition) is 7. The molecule has 2 saturated heterocycles. The van der Waals surface area contributed by atoms with Crippen LogP contribution in [0, 0.1) is 0 Å². The maximum atomic E-state index is 12.5. The number of pyridine rings is 1. The number of nitrogens with one attached hydrogen (secondary N) is 1. The molecule has 6 rings (SSSR count). The van der Waals surface area contributed by atoms with Crippen LogP contribution in [0.4, 0.5) is 5.82 Å². The molecule has 0 radical (unpaired) electrons. The third-order valence-electron chi connectivity index (χ3n) is 7.82. The number of aryl methyl sites for hydroxylation is 2. The van der Waals surface area contributed by atoms with Gasteiger partial charge < -0.3 is 19.9 Å². The van der Waals surface area contributed by atoms with Gasteiger partial charge in [0.2, 0.25) is 0 Å². The average Bonchev–Trinajstić information content (AvgIpc) is 3.51. The molecule has 0 aliphatic carbocycles. The van der Waals surface area contributed by atoms with E-state index in [1.165, 1.54) is 12.0 Å². The molecule has 2 atom stereocenters. The van der Waals surface area contributed by atoms with E-state index in [-0.39, 0.29) is 12.1 Å². The number of anilines is 1. The highest BCUT2D eigenvalue weighted by atomic mass is 16.5. The standard InChI is InChI=1S/C28H35N5O4/c34-28(35)26(24-8-3-5-20-15-30-33(25(20)24)22-17-36-18-22)32-13-11-23(16-32)37-14-2-1-7-21-10-9-19-6-4-12-29-27(19)31-21/h3,5,8-10,15,22-23,26H,1-2,4,6-7,11-14,16-18H2,(H,29,31)(H,34,35)/t23-,26?/m1/s1. The van der Waals surface area contributed by atoms with Gasteiger partial charge in [0.1, 0.15) is 11.9 Å². The lowest BCUT2D eigenvalue weighted by molar-refractivity contribution is -0.143. The Morgan fingerprint density at radius 2 is 2.16 bits per heavy atom. The number of nitrogens with zero attached hydrogens (tertiary/aromatic N) is 4. The molecule has 0 saturated carbocycles. The van der Waals surface area contributed by atoms with Crippen LogP contribution in [0.1, 0.15) is 54.6 Å². The molecule has 37 heavy (non-hydrogen) atoms. The second-order valence-electron chi connectivity index (χ2n) is 10.4. The number of ether oxygens (including phenoxy) is 2. The molecule has 3 aliphatic rings. The van der Waals surface area contributed by atoms with Gasteiger partial charge in [0.15, 0.2) is 0 Å². The number of aliphatic carboxylic acids is 1. The number of carbonyl (C=O) groups is 1. The summed E-state index contributed by atoms with van der Waals surface area (Å²) in [4.78, 5) is 19.3. The van der Waals surface area contributed by atoms with Crippen LogP contribution in [0.3, 0.4) is 0 Å². The second kappa shape index (κ2) is 10.8. The molecule has 2 N–H and O–H groups in total. The fraction of sp³-hybridized carbons (Fsp3) is 0.536. The van der Waals surface area contributed by atoms with Crippen molar-refractivity contribution in [3.8, 4) is 0 Å². The van der Waals surface area contributed by atoms with Gasteiger partial charge in [-0.2, -0.15) is 5.10 Å². The topological polar surface area (TPSA) is 102 Å². The molecule has 196 valence electrons. The summed E-state index contributed by atoms with van der Waals surface area (Å²) in [6, 6.07) is 9.64. The lowest BCUT2D eigenvalue weighted by Crippen LogP contribution is -2.35. The minimum absolute atomic E-state index is 0.0528. The third kappa shape index (κ3) is 5.08. The summed E-state index contributed by atoms with van der Waals surface area (Å²) < 4.78 is 13.5. The van der Waals surface area contributed by atoms with Gasteiger partial charge in [-0.1, -0.05) is 24.3 Å². The zero-order valence-electron chi connectivity index (χ0n) is 21.1. The van der Waals surface area contributed by atoms with Crippen LogP contribution in [0.5, 0.6) is 0 Å². The summed E-state index contributed by atoms with van der Waals surface area (Å²) in [6.07, 6.45) is 7.93. The highest BCUT2D eigenvalue weighted by molar-refractivity contribution is 5.88. The van der Waals surface area contributed by atoms with E-state index in [9.17, 15) is 9.90 Å². The predicted octanol–water partition coefficient (Wildman–Crippen LogP) is 3.60. The number of carboxylic acid groups (broad SMARTS) is 1. The summed E-state index contributed by atoms with van der Waals surface area (Å²) in [5.74, 6) is 0.219. The maximum Gasteiger partial charge on any atom is 0.325 e. The molecule has 9 heteroatoms. The van der Waals surface area contributed by atoms with Crippen molar-refractivity contribution < 1.29 is 19.4 Å². The number of rotatable bonds is 10. The highest BCUT2D eigenvalue weighted by Crippen LogP contribution is 2.34. The van der Waals surface area contributed by atoms with E-state index in [0.29, 0.717) is 32.9 Å². The first kappa shape index (κ1) is 24.3. The molecule has 3 aromatic rings.